The molecule has 1 aromatic carbocycles. The number of nitrogens with two attached hydrogens (primary N) is 1. The van der Waals surface area contributed by atoms with Crippen molar-refractivity contribution in [3.05, 3.63) is 29.8 Å². The summed E-state index contributed by atoms with van der Waals surface area (Å²) in [4.78, 5) is 17.6. The van der Waals surface area contributed by atoms with Crippen LogP contribution in [0.1, 0.15) is 24.8 Å². The van der Waals surface area contributed by atoms with Crippen molar-refractivity contribution in [1.29, 1.82) is 0 Å². The molecular formula is C18H26F2N4O2. The van der Waals surface area contributed by atoms with Crippen molar-refractivity contribution in [2.24, 2.45) is 16.6 Å². The number of guanidine groups is 1. The van der Waals surface area contributed by atoms with E-state index in [1.165, 1.54) is 0 Å². The number of ether oxygens (including phenoxy) is 1. The molecular weight excluding hydrogens is 342 g/mol. The highest BCUT2D eigenvalue weighted by molar-refractivity contribution is 5.80. The maximum absolute atomic E-state index is 12.2. The molecule has 0 aliphatic carbocycles. The number of aliphatic imine (C=N–C) groups is 1. The van der Waals surface area contributed by atoms with Gasteiger partial charge in [-0.3, -0.25) is 9.79 Å². The number of nitrogens with one attached hydrogen (secondary N) is 1. The Kier molecular flexibility index (Phi) is 7.62. The molecule has 0 aromatic heterocycles. The summed E-state index contributed by atoms with van der Waals surface area (Å²) in [6, 6.07) is 7.04. The fourth-order valence-electron chi connectivity index (χ4n) is 3.13. The lowest BCUT2D eigenvalue weighted by Crippen LogP contribution is -2.46. The third-order valence-corrected chi connectivity index (χ3v) is 4.25. The predicted molar refractivity (Wildman–Crippen MR) is 96.2 cm³/mol. The molecule has 3 N–H and O–H groups in total. The Labute approximate surface area is 152 Å². The van der Waals surface area contributed by atoms with Crippen LogP contribution in [0, 0.1) is 5.92 Å². The minimum Gasteiger partial charge on any atom is -0.488 e. The molecule has 6 nitrogen and oxygen atoms in total. The number of hydrogen-bond donors (Lipinski definition) is 2. The molecule has 8 heteroatoms. The first-order chi connectivity index (χ1) is 12.5. The molecule has 0 radical (unpaired) electrons. The number of carbonyl (C=O) groups is 1. The lowest BCUT2D eigenvalue weighted by molar-refractivity contribution is -0.119. The molecule has 2 rings (SSSR count). The standard InChI is InChI=1S/C18H26F2N4O2/c1-22-18(24-7-3-5-14(11-24)9-17(21)25)23-10-13-4-2-6-15(8-13)26-12-16(19)20/h2,4,6,8,14,16H,3,5,7,9-12H2,1H3,(H2,21,25)(H,22,23). The maximum atomic E-state index is 12.2. The quantitative estimate of drug-likeness (QED) is 0.570. The van der Waals surface area contributed by atoms with Gasteiger partial charge in [0.25, 0.3) is 6.43 Å². The second kappa shape index (κ2) is 9.94. The number of rotatable bonds is 7. The summed E-state index contributed by atoms with van der Waals surface area (Å²) in [5, 5.41) is 3.28. The number of nitrogens with zero attached hydrogens (tertiary/aromatic N) is 2. The highest BCUT2D eigenvalue weighted by Gasteiger charge is 2.23. The van der Waals surface area contributed by atoms with Gasteiger partial charge in [-0.1, -0.05) is 12.1 Å². The molecule has 1 fully saturated rings. The Hall–Kier alpha value is -2.38. The van der Waals surface area contributed by atoms with E-state index in [4.69, 9.17) is 10.5 Å². The fraction of sp³-hybridized carbons (Fsp3) is 0.556. The summed E-state index contributed by atoms with van der Waals surface area (Å²) in [5.41, 5.74) is 6.21. The van der Waals surface area contributed by atoms with Crippen molar-refractivity contribution in [1.82, 2.24) is 10.2 Å². The van der Waals surface area contributed by atoms with E-state index < -0.39 is 13.0 Å². The van der Waals surface area contributed by atoms with Gasteiger partial charge in [0.1, 0.15) is 12.4 Å². The van der Waals surface area contributed by atoms with E-state index in [9.17, 15) is 13.6 Å². The molecule has 1 aromatic rings. The molecule has 0 spiro atoms. The van der Waals surface area contributed by atoms with Gasteiger partial charge in [-0.25, -0.2) is 8.78 Å². The van der Waals surface area contributed by atoms with Crippen LogP contribution in [0.4, 0.5) is 8.78 Å². The van der Waals surface area contributed by atoms with Crippen LogP contribution in [0.25, 0.3) is 0 Å². The number of alkyl halides is 2. The lowest BCUT2D eigenvalue weighted by Gasteiger charge is -2.34. The monoisotopic (exact) mass is 368 g/mol. The van der Waals surface area contributed by atoms with Crippen LogP contribution in [0.15, 0.2) is 29.3 Å². The highest BCUT2D eigenvalue weighted by atomic mass is 19.3. The van der Waals surface area contributed by atoms with Crippen LogP contribution in [-0.2, 0) is 11.3 Å². The first-order valence-electron chi connectivity index (χ1n) is 8.71. The minimum absolute atomic E-state index is 0.242. The van der Waals surface area contributed by atoms with Crippen LogP contribution in [0.5, 0.6) is 5.75 Å². The molecule has 1 unspecified atom stereocenters. The van der Waals surface area contributed by atoms with Crippen LogP contribution in [0.3, 0.4) is 0 Å². The number of amides is 1. The number of likely N-dealkylation sites (tertiary alicyclic amines) is 1. The SMILES string of the molecule is CN=C(NCc1cccc(OCC(F)F)c1)N1CCCC(CC(N)=O)C1. The van der Waals surface area contributed by atoms with E-state index in [0.717, 1.165) is 37.5 Å². The van der Waals surface area contributed by atoms with Crippen molar-refractivity contribution >= 4 is 11.9 Å². The summed E-state index contributed by atoms with van der Waals surface area (Å²) in [6.07, 6.45) is -0.143. The first kappa shape index (κ1) is 19.9. The van der Waals surface area contributed by atoms with Gasteiger partial charge in [0.15, 0.2) is 5.96 Å². The highest BCUT2D eigenvalue weighted by Crippen LogP contribution is 2.20. The van der Waals surface area contributed by atoms with Gasteiger partial charge in [-0.05, 0) is 36.5 Å². The van der Waals surface area contributed by atoms with Gasteiger partial charge in [-0.15, -0.1) is 0 Å². The third-order valence-electron chi connectivity index (χ3n) is 4.25. The van der Waals surface area contributed by atoms with E-state index in [1.54, 1.807) is 25.2 Å². The zero-order valence-electron chi connectivity index (χ0n) is 15.0. The molecule has 1 saturated heterocycles. The van der Waals surface area contributed by atoms with E-state index in [1.807, 2.05) is 6.07 Å². The average Bonchev–Trinajstić information content (AvgIpc) is 2.61. The van der Waals surface area contributed by atoms with Gasteiger partial charge >= 0.3 is 0 Å². The van der Waals surface area contributed by atoms with Crippen molar-refractivity contribution in [3.8, 4) is 5.75 Å². The van der Waals surface area contributed by atoms with Crippen LogP contribution < -0.4 is 15.8 Å². The molecule has 0 bridgehead atoms. The second-order valence-corrected chi connectivity index (χ2v) is 6.37. The summed E-state index contributed by atoms with van der Waals surface area (Å²) >= 11 is 0. The number of carbonyl (C=O) groups excluding carboxylic acids is 1. The topological polar surface area (TPSA) is 80.0 Å². The molecule has 1 heterocycles. The summed E-state index contributed by atoms with van der Waals surface area (Å²) < 4.78 is 29.5. The largest absolute Gasteiger partial charge is 0.488 e. The normalized spacial score (nSPS) is 18.1. The summed E-state index contributed by atoms with van der Waals surface area (Å²) in [7, 11) is 1.71. The molecule has 1 aliphatic heterocycles. The summed E-state index contributed by atoms with van der Waals surface area (Å²) in [5.74, 6) is 1.13. The minimum atomic E-state index is -2.50. The zero-order chi connectivity index (χ0) is 18.9. The number of benzene rings is 1. The van der Waals surface area contributed by atoms with Crippen LogP contribution >= 0.6 is 0 Å². The Balaban J connectivity index is 1.90. The lowest BCUT2D eigenvalue weighted by atomic mass is 9.95. The average molecular weight is 368 g/mol. The van der Waals surface area contributed by atoms with Crippen LogP contribution in [-0.4, -0.2) is 49.9 Å². The number of halogens is 2. The van der Waals surface area contributed by atoms with E-state index >= 15 is 0 Å². The molecule has 1 amide bonds. The molecule has 144 valence electrons. The van der Waals surface area contributed by atoms with Crippen molar-refractivity contribution in [2.45, 2.75) is 32.2 Å². The fourth-order valence-corrected chi connectivity index (χ4v) is 3.13. The Bertz CT molecular complexity index is 625. The predicted octanol–water partition coefficient (Wildman–Crippen LogP) is 1.99. The van der Waals surface area contributed by atoms with E-state index in [2.05, 4.69) is 15.2 Å². The van der Waals surface area contributed by atoms with Crippen molar-refractivity contribution in [2.75, 3.05) is 26.7 Å². The second-order valence-electron chi connectivity index (χ2n) is 6.37. The summed E-state index contributed by atoms with van der Waals surface area (Å²) in [6.45, 7) is 1.48. The molecule has 0 saturated carbocycles. The van der Waals surface area contributed by atoms with Gasteiger partial charge in [-0.2, -0.15) is 0 Å². The number of piperidine rings is 1. The van der Waals surface area contributed by atoms with Crippen molar-refractivity contribution < 1.29 is 18.3 Å². The maximum Gasteiger partial charge on any atom is 0.272 e. The molecule has 26 heavy (non-hydrogen) atoms. The first-order valence-corrected chi connectivity index (χ1v) is 8.71. The van der Waals surface area contributed by atoms with Crippen LogP contribution in [0.2, 0.25) is 0 Å². The Morgan fingerprint density at radius 2 is 2.31 bits per heavy atom. The van der Waals surface area contributed by atoms with Gasteiger partial charge in [0.05, 0.1) is 0 Å². The zero-order valence-corrected chi connectivity index (χ0v) is 15.0. The van der Waals surface area contributed by atoms with Gasteiger partial charge in [0.2, 0.25) is 5.91 Å². The number of primary amides is 1. The van der Waals surface area contributed by atoms with E-state index in [0.29, 0.717) is 18.7 Å². The molecule has 1 atom stereocenters. The number of hydrogen-bond acceptors (Lipinski definition) is 3. The smallest absolute Gasteiger partial charge is 0.272 e. The van der Waals surface area contributed by atoms with Crippen molar-refractivity contribution in [3.63, 3.8) is 0 Å². The molecule has 1 aliphatic rings. The third kappa shape index (κ3) is 6.50. The van der Waals surface area contributed by atoms with Gasteiger partial charge < -0.3 is 20.7 Å². The van der Waals surface area contributed by atoms with E-state index in [-0.39, 0.29) is 11.8 Å². The Morgan fingerprint density at radius 3 is 3.00 bits per heavy atom. The van der Waals surface area contributed by atoms with Gasteiger partial charge in [0, 0.05) is 33.1 Å². The Morgan fingerprint density at radius 1 is 1.50 bits per heavy atom.